The molecule has 2 aromatic heterocycles. The van der Waals surface area contributed by atoms with E-state index in [2.05, 4.69) is 15.9 Å². The summed E-state index contributed by atoms with van der Waals surface area (Å²) in [6.45, 7) is 1.82. The van der Waals surface area contributed by atoms with Crippen molar-refractivity contribution in [3.05, 3.63) is 117 Å². The number of rotatable bonds is 11. The molecule has 0 bridgehead atoms. The first-order valence-electron chi connectivity index (χ1n) is 16.4. The molecule has 0 aliphatic rings. The van der Waals surface area contributed by atoms with Gasteiger partial charge in [-0.25, -0.2) is 0 Å². The standard InChI is InChI=1S/C21H20O6.C19H17BrO4/c1-13(22)26-11-3-2-4-14-5-7-15(8-6-14)19-12-18(24)16-9-10-17(23)20(25)21(16)27-19;20-10-2-1-3-12-4-6-13(7-5-12)17-11-16(22)14-8-9-15(21)18(23)19(14)24-17/h5-10,12,23,25H,2-4,11H2,1H3;4-9,11,21,23H,1-3,10H2. The van der Waals surface area contributed by atoms with Gasteiger partial charge in [-0.3, -0.25) is 14.4 Å². The van der Waals surface area contributed by atoms with Crippen molar-refractivity contribution in [2.45, 2.75) is 45.4 Å². The van der Waals surface area contributed by atoms with Crippen LogP contribution in [0, 0.1) is 0 Å². The third-order valence-electron chi connectivity index (χ3n) is 8.19. The molecule has 0 amide bonds. The SMILES string of the molecule is CC(=O)OCCCCc1ccc(-c2cc(=O)c3ccc(O)c(O)c3o2)cc1.O=c1cc(-c2ccc(CCCCBr)cc2)oc2c(O)c(O)ccc12. The van der Waals surface area contributed by atoms with Crippen molar-refractivity contribution < 1.29 is 38.8 Å². The molecule has 6 aromatic rings. The number of phenols is 4. The number of alkyl halides is 1. The molecule has 0 unspecified atom stereocenters. The smallest absolute Gasteiger partial charge is 0.302 e. The molecule has 264 valence electrons. The fourth-order valence-electron chi connectivity index (χ4n) is 5.42. The summed E-state index contributed by atoms with van der Waals surface area (Å²) in [6, 6.07) is 23.5. The Bertz CT molecular complexity index is 2250. The lowest BCUT2D eigenvalue weighted by Crippen LogP contribution is -2.01. The molecule has 10 nitrogen and oxygen atoms in total. The Morgan fingerprint density at radius 1 is 0.627 bits per heavy atom. The van der Waals surface area contributed by atoms with Crippen LogP contribution in [0.25, 0.3) is 44.6 Å². The minimum Gasteiger partial charge on any atom is -0.504 e. The van der Waals surface area contributed by atoms with E-state index in [0.29, 0.717) is 23.7 Å². The van der Waals surface area contributed by atoms with Crippen molar-refractivity contribution in [1.82, 2.24) is 0 Å². The molecular weight excluding hydrogens is 720 g/mol. The van der Waals surface area contributed by atoms with Crippen LogP contribution < -0.4 is 10.9 Å². The molecule has 0 saturated carbocycles. The van der Waals surface area contributed by atoms with Crippen molar-refractivity contribution in [1.29, 1.82) is 0 Å². The summed E-state index contributed by atoms with van der Waals surface area (Å²) in [4.78, 5) is 35.2. The molecule has 0 aliphatic heterocycles. The van der Waals surface area contributed by atoms with Gasteiger partial charge in [-0.15, -0.1) is 0 Å². The molecule has 2 heterocycles. The monoisotopic (exact) mass is 756 g/mol. The molecule has 0 aliphatic carbocycles. The Morgan fingerprint density at radius 3 is 1.47 bits per heavy atom. The van der Waals surface area contributed by atoms with Gasteiger partial charge in [0.05, 0.1) is 17.4 Å². The number of unbranched alkanes of at least 4 members (excludes halogenated alkanes) is 2. The summed E-state index contributed by atoms with van der Waals surface area (Å²) in [7, 11) is 0. The summed E-state index contributed by atoms with van der Waals surface area (Å²) >= 11 is 3.42. The fraction of sp³-hybridized carbons (Fsp3) is 0.225. The Morgan fingerprint density at radius 2 is 1.06 bits per heavy atom. The quantitative estimate of drug-likeness (QED) is 0.0437. The highest BCUT2D eigenvalue weighted by Gasteiger charge is 2.15. The number of carbonyl (C=O) groups excluding carboxylic acids is 1. The molecule has 6 rings (SSSR count). The van der Waals surface area contributed by atoms with Crippen LogP contribution in [-0.2, 0) is 22.4 Å². The molecule has 51 heavy (non-hydrogen) atoms. The highest BCUT2D eigenvalue weighted by atomic mass is 79.9. The number of carbonyl (C=O) groups is 1. The van der Waals surface area contributed by atoms with Crippen LogP contribution in [0.2, 0.25) is 0 Å². The predicted octanol–water partition coefficient (Wildman–Crippen LogP) is 8.35. The number of aryl methyl sites for hydroxylation is 2. The molecule has 4 N–H and O–H groups in total. The maximum absolute atomic E-state index is 12.3. The number of hydrogen-bond acceptors (Lipinski definition) is 10. The van der Waals surface area contributed by atoms with Gasteiger partial charge in [0.1, 0.15) is 11.5 Å². The highest BCUT2D eigenvalue weighted by Crippen LogP contribution is 2.35. The van der Waals surface area contributed by atoms with E-state index in [1.807, 2.05) is 48.5 Å². The lowest BCUT2D eigenvalue weighted by atomic mass is 10.0. The summed E-state index contributed by atoms with van der Waals surface area (Å²) in [6.07, 6.45) is 5.78. The second-order valence-corrected chi connectivity index (χ2v) is 12.7. The molecule has 0 fully saturated rings. The summed E-state index contributed by atoms with van der Waals surface area (Å²) in [5.74, 6) is -1.11. The summed E-state index contributed by atoms with van der Waals surface area (Å²) in [5.41, 5.74) is 3.19. The van der Waals surface area contributed by atoms with Gasteiger partial charge in [0.2, 0.25) is 11.5 Å². The number of halogens is 1. The van der Waals surface area contributed by atoms with E-state index < -0.39 is 11.5 Å². The van der Waals surface area contributed by atoms with Gasteiger partial charge < -0.3 is 34.0 Å². The third-order valence-corrected chi connectivity index (χ3v) is 8.75. The highest BCUT2D eigenvalue weighted by molar-refractivity contribution is 9.09. The topological polar surface area (TPSA) is 168 Å². The number of fused-ring (bicyclic) bond motifs is 2. The molecule has 0 saturated heterocycles. The number of benzene rings is 4. The summed E-state index contributed by atoms with van der Waals surface area (Å²) < 4.78 is 16.2. The van der Waals surface area contributed by atoms with Crippen LogP contribution in [-0.4, -0.2) is 38.3 Å². The van der Waals surface area contributed by atoms with Crippen molar-refractivity contribution in [2.24, 2.45) is 0 Å². The number of esters is 1. The van der Waals surface area contributed by atoms with Crippen LogP contribution in [0.1, 0.15) is 43.7 Å². The number of aromatic hydroxyl groups is 4. The first-order chi connectivity index (χ1) is 24.5. The minimum absolute atomic E-state index is 0.00102. The molecule has 4 aromatic carbocycles. The normalized spacial score (nSPS) is 10.9. The van der Waals surface area contributed by atoms with E-state index in [-0.39, 0.29) is 50.3 Å². The average molecular weight is 758 g/mol. The zero-order valence-electron chi connectivity index (χ0n) is 27.9. The van der Waals surface area contributed by atoms with Gasteiger partial charge in [-0.1, -0.05) is 64.5 Å². The van der Waals surface area contributed by atoms with Crippen molar-refractivity contribution in [3.63, 3.8) is 0 Å². The van der Waals surface area contributed by atoms with E-state index in [9.17, 15) is 34.8 Å². The van der Waals surface area contributed by atoms with Gasteiger partial charge in [0.15, 0.2) is 33.5 Å². The van der Waals surface area contributed by atoms with Crippen LogP contribution >= 0.6 is 15.9 Å². The van der Waals surface area contributed by atoms with Crippen LogP contribution in [0.15, 0.2) is 103 Å². The van der Waals surface area contributed by atoms with Gasteiger partial charge in [-0.2, -0.15) is 0 Å². The first-order valence-corrected chi connectivity index (χ1v) is 17.5. The lowest BCUT2D eigenvalue weighted by molar-refractivity contribution is -0.141. The van der Waals surface area contributed by atoms with Gasteiger partial charge in [0, 0.05) is 35.5 Å². The van der Waals surface area contributed by atoms with Crippen LogP contribution in [0.3, 0.4) is 0 Å². The van der Waals surface area contributed by atoms with E-state index in [1.54, 1.807) is 0 Å². The van der Waals surface area contributed by atoms with Crippen LogP contribution in [0.5, 0.6) is 23.0 Å². The number of ether oxygens (including phenoxy) is 1. The number of hydrogen-bond donors (Lipinski definition) is 4. The van der Waals surface area contributed by atoms with Crippen LogP contribution in [0.4, 0.5) is 0 Å². The van der Waals surface area contributed by atoms with Crippen molar-refractivity contribution in [2.75, 3.05) is 11.9 Å². The van der Waals surface area contributed by atoms with E-state index in [4.69, 9.17) is 13.6 Å². The molecule has 11 heteroatoms. The van der Waals surface area contributed by atoms with Gasteiger partial charge in [0.25, 0.3) is 0 Å². The third kappa shape index (κ3) is 9.17. The molecule has 0 spiro atoms. The largest absolute Gasteiger partial charge is 0.504 e. The maximum Gasteiger partial charge on any atom is 0.302 e. The van der Waals surface area contributed by atoms with E-state index >= 15 is 0 Å². The second kappa shape index (κ2) is 16.9. The summed E-state index contributed by atoms with van der Waals surface area (Å²) in [5, 5.41) is 40.5. The van der Waals surface area contributed by atoms with Crippen molar-refractivity contribution in [3.8, 4) is 45.6 Å². The fourth-order valence-corrected chi connectivity index (χ4v) is 5.81. The van der Waals surface area contributed by atoms with Gasteiger partial charge in [-0.05, 0) is 73.9 Å². The second-order valence-electron chi connectivity index (χ2n) is 11.9. The maximum atomic E-state index is 12.3. The lowest BCUT2D eigenvalue weighted by Gasteiger charge is -2.07. The minimum atomic E-state index is -0.448. The zero-order valence-corrected chi connectivity index (χ0v) is 29.4. The average Bonchev–Trinajstić information content (AvgIpc) is 3.12. The number of phenolic OH excluding ortho intramolecular Hbond substituents is 4. The predicted molar refractivity (Wildman–Crippen MR) is 199 cm³/mol. The zero-order chi connectivity index (χ0) is 36.5. The van der Waals surface area contributed by atoms with Crippen molar-refractivity contribution >= 4 is 43.8 Å². The molecule has 0 radical (unpaired) electrons. The molecular formula is C40H37BrO10. The Balaban J connectivity index is 0.000000199. The van der Waals surface area contributed by atoms with E-state index in [1.165, 1.54) is 48.9 Å². The van der Waals surface area contributed by atoms with Gasteiger partial charge >= 0.3 is 5.97 Å². The first kappa shape index (κ1) is 36.7. The molecule has 0 atom stereocenters. The Hall–Kier alpha value is -5.55. The Labute approximate surface area is 301 Å². The van der Waals surface area contributed by atoms with E-state index in [0.717, 1.165) is 55.0 Å². The Kier molecular flexibility index (Phi) is 12.2.